The molecule has 0 aromatic heterocycles. The molecule has 0 bridgehead atoms. The van der Waals surface area contributed by atoms with Crippen molar-refractivity contribution in [3.05, 3.63) is 215 Å². The van der Waals surface area contributed by atoms with Crippen LogP contribution in [0.5, 0.6) is 0 Å². The predicted molar refractivity (Wildman–Crippen MR) is 242 cm³/mol. The molecule has 8 atom stereocenters. The highest BCUT2D eigenvalue weighted by Crippen LogP contribution is 2.34. The first-order chi connectivity index (χ1) is 31.2. The number of rotatable bonds is 22. The Morgan fingerprint density at radius 1 is 0.397 bits per heavy atom. The Balaban J connectivity index is 1.12. The molecule has 328 valence electrons. The third kappa shape index (κ3) is 13.5. The van der Waals surface area contributed by atoms with Crippen molar-refractivity contribution in [1.29, 1.82) is 0 Å². The molecule has 2 fully saturated rings. The van der Waals surface area contributed by atoms with Crippen molar-refractivity contribution < 1.29 is 37.9 Å². The van der Waals surface area contributed by atoms with Crippen molar-refractivity contribution >= 4 is 0 Å². The maximum Gasteiger partial charge on any atom is 0.187 e. The fourth-order valence-corrected chi connectivity index (χ4v) is 8.13. The van der Waals surface area contributed by atoms with Crippen LogP contribution in [0, 0.1) is 0 Å². The van der Waals surface area contributed by atoms with E-state index in [2.05, 4.69) is 78.1 Å². The molecule has 6 aromatic carbocycles. The number of hydrogen-bond donors (Lipinski definition) is 1. The third-order valence-corrected chi connectivity index (χ3v) is 11.4. The molecule has 0 unspecified atom stereocenters. The van der Waals surface area contributed by atoms with Gasteiger partial charge < -0.3 is 43.2 Å². The second kappa shape index (κ2) is 24.1. The van der Waals surface area contributed by atoms with Gasteiger partial charge in [-0.15, -0.1) is 0 Å². The lowest BCUT2D eigenvalue weighted by molar-refractivity contribution is -0.345. The van der Waals surface area contributed by atoms with E-state index in [0.717, 1.165) is 46.3 Å². The summed E-state index contributed by atoms with van der Waals surface area (Å²) < 4.78 is 55.0. The maximum absolute atomic E-state index is 7.33. The van der Waals surface area contributed by atoms with Crippen molar-refractivity contribution in [2.75, 3.05) is 19.8 Å². The first-order valence-corrected chi connectivity index (χ1v) is 22.1. The number of hydrogen-bond acceptors (Lipinski definition) is 9. The number of benzene rings is 6. The number of piperidine rings is 1. The summed E-state index contributed by atoms with van der Waals surface area (Å²) in [6.07, 6.45) is -3.46. The van der Waals surface area contributed by atoms with E-state index in [-0.39, 0.29) is 18.8 Å². The molecule has 9 heteroatoms. The molecular formula is C54H59NO8. The van der Waals surface area contributed by atoms with Crippen molar-refractivity contribution in [2.24, 2.45) is 0 Å². The van der Waals surface area contributed by atoms with Gasteiger partial charge in [0.2, 0.25) is 0 Å². The van der Waals surface area contributed by atoms with E-state index in [4.69, 9.17) is 37.9 Å². The molecule has 0 amide bonds. The summed E-state index contributed by atoms with van der Waals surface area (Å²) in [5.41, 5.74) is 6.34. The van der Waals surface area contributed by atoms with Crippen LogP contribution in [0.4, 0.5) is 0 Å². The fourth-order valence-electron chi connectivity index (χ4n) is 8.13. The summed E-state index contributed by atoms with van der Waals surface area (Å²) >= 11 is 0. The normalized spacial score (nSPS) is 23.6. The second-order valence-electron chi connectivity index (χ2n) is 16.1. The minimum absolute atomic E-state index is 0.217. The van der Waals surface area contributed by atoms with Crippen LogP contribution in [-0.4, -0.2) is 68.7 Å². The Morgan fingerprint density at radius 2 is 0.778 bits per heavy atom. The van der Waals surface area contributed by atoms with Gasteiger partial charge in [-0.3, -0.25) is 0 Å². The zero-order valence-electron chi connectivity index (χ0n) is 35.8. The molecular weight excluding hydrogens is 791 g/mol. The molecule has 0 radical (unpaired) electrons. The lowest BCUT2D eigenvalue weighted by Crippen LogP contribution is -2.65. The SMILES string of the molecule is c1ccc(COC[C@@H]2NCC[C@@H](OCc3ccccc3)[C@@H]2O[C@H]2O[C@H](COCc3ccccc3)[C@@H](OCc3ccccc3)[C@H](OCc3ccccc3)[C@H]2OCc2ccccc2)cc1. The van der Waals surface area contributed by atoms with Gasteiger partial charge in [-0.2, -0.15) is 0 Å². The van der Waals surface area contributed by atoms with Crippen LogP contribution < -0.4 is 5.32 Å². The molecule has 9 nitrogen and oxygen atoms in total. The topological polar surface area (TPSA) is 85.9 Å². The van der Waals surface area contributed by atoms with Crippen molar-refractivity contribution in [3.8, 4) is 0 Å². The van der Waals surface area contributed by atoms with Crippen molar-refractivity contribution in [2.45, 2.75) is 95.0 Å². The minimum atomic E-state index is -0.902. The van der Waals surface area contributed by atoms with Crippen LogP contribution in [0.25, 0.3) is 0 Å². The van der Waals surface area contributed by atoms with Gasteiger partial charge in [0, 0.05) is 0 Å². The van der Waals surface area contributed by atoms with Crippen LogP contribution in [0.2, 0.25) is 0 Å². The first-order valence-electron chi connectivity index (χ1n) is 22.1. The van der Waals surface area contributed by atoms with Crippen LogP contribution in [-0.2, 0) is 77.5 Å². The second-order valence-corrected chi connectivity index (χ2v) is 16.1. The van der Waals surface area contributed by atoms with Crippen LogP contribution in [0.1, 0.15) is 39.8 Å². The highest BCUT2D eigenvalue weighted by atomic mass is 16.7. The fraction of sp³-hybridized carbons (Fsp3) is 0.333. The van der Waals surface area contributed by atoms with Crippen LogP contribution in [0.15, 0.2) is 182 Å². The summed E-state index contributed by atoms with van der Waals surface area (Å²) in [7, 11) is 0. The van der Waals surface area contributed by atoms with Crippen molar-refractivity contribution in [1.82, 2.24) is 5.32 Å². The Labute approximate surface area is 372 Å². The van der Waals surface area contributed by atoms with Gasteiger partial charge in [-0.05, 0) is 46.3 Å². The number of nitrogens with one attached hydrogen (secondary N) is 1. The van der Waals surface area contributed by atoms with E-state index in [0.29, 0.717) is 46.2 Å². The Bertz CT molecular complexity index is 2130. The van der Waals surface area contributed by atoms with E-state index in [9.17, 15) is 0 Å². The Morgan fingerprint density at radius 3 is 1.24 bits per heavy atom. The molecule has 0 spiro atoms. The van der Waals surface area contributed by atoms with E-state index >= 15 is 0 Å². The lowest BCUT2D eigenvalue weighted by atomic mass is 9.95. The van der Waals surface area contributed by atoms with Crippen LogP contribution >= 0.6 is 0 Å². The van der Waals surface area contributed by atoms with Gasteiger partial charge in [-0.1, -0.05) is 182 Å². The zero-order valence-corrected chi connectivity index (χ0v) is 35.8. The zero-order chi connectivity index (χ0) is 42.7. The van der Waals surface area contributed by atoms with Gasteiger partial charge in [0.25, 0.3) is 0 Å². The molecule has 2 saturated heterocycles. The monoisotopic (exact) mass is 849 g/mol. The maximum atomic E-state index is 7.33. The molecule has 2 aliphatic heterocycles. The van der Waals surface area contributed by atoms with Crippen LogP contribution in [0.3, 0.4) is 0 Å². The molecule has 8 rings (SSSR count). The van der Waals surface area contributed by atoms with Gasteiger partial charge in [0.15, 0.2) is 6.29 Å². The van der Waals surface area contributed by atoms with Crippen molar-refractivity contribution in [3.63, 3.8) is 0 Å². The van der Waals surface area contributed by atoms with Gasteiger partial charge in [-0.25, -0.2) is 0 Å². The summed E-state index contributed by atoms with van der Waals surface area (Å²) in [6, 6.07) is 60.9. The van der Waals surface area contributed by atoms with Gasteiger partial charge in [0.1, 0.15) is 30.5 Å². The molecule has 2 heterocycles. The lowest BCUT2D eigenvalue weighted by Gasteiger charge is -2.48. The minimum Gasteiger partial charge on any atom is -0.375 e. The highest BCUT2D eigenvalue weighted by molar-refractivity contribution is 5.18. The molecule has 0 saturated carbocycles. The first kappa shape index (κ1) is 44.6. The Hall–Kier alpha value is -5.04. The van der Waals surface area contributed by atoms with E-state index < -0.39 is 36.8 Å². The van der Waals surface area contributed by atoms with E-state index in [1.807, 2.05) is 109 Å². The molecule has 0 aliphatic carbocycles. The molecule has 63 heavy (non-hydrogen) atoms. The third-order valence-electron chi connectivity index (χ3n) is 11.4. The highest BCUT2D eigenvalue weighted by Gasteiger charge is 2.51. The largest absolute Gasteiger partial charge is 0.375 e. The van der Waals surface area contributed by atoms with Gasteiger partial charge >= 0.3 is 0 Å². The van der Waals surface area contributed by atoms with E-state index in [1.54, 1.807) is 0 Å². The summed E-state index contributed by atoms with van der Waals surface area (Å²) in [4.78, 5) is 0. The number of ether oxygens (including phenoxy) is 8. The standard InChI is InChI=1S/C54H59NO8/c1-7-19-41(20-8-1)33-56-39-47-50(48(31-32-55-47)58-35-43-23-11-3-12-24-43)63-54-53(61-38-46-29-17-6-18-30-46)52(60-37-45-27-15-5-16-28-45)51(59-36-44-25-13-4-14-26-44)49(62-54)40-57-34-42-21-9-2-10-22-42/h1-30,47-55H,31-40H2/t47-,48+,49+,50+,51+,52-,53+,54+/m0/s1. The summed E-state index contributed by atoms with van der Waals surface area (Å²) in [5, 5.41) is 3.71. The van der Waals surface area contributed by atoms with E-state index in [1.165, 1.54) is 0 Å². The molecule has 1 N–H and O–H groups in total. The summed E-state index contributed by atoms with van der Waals surface area (Å²) in [6.45, 7) is 3.66. The van der Waals surface area contributed by atoms with Gasteiger partial charge in [0.05, 0.1) is 65.0 Å². The molecule has 2 aliphatic rings. The smallest absolute Gasteiger partial charge is 0.187 e. The molecule has 6 aromatic rings. The quantitative estimate of drug-likeness (QED) is 0.0719. The average molecular weight is 850 g/mol. The Kier molecular flexibility index (Phi) is 17.1. The predicted octanol–water partition coefficient (Wildman–Crippen LogP) is 9.23. The summed E-state index contributed by atoms with van der Waals surface area (Å²) in [5.74, 6) is 0. The average Bonchev–Trinajstić information content (AvgIpc) is 3.34.